The number of carbonyl (C=O) groups excluding carboxylic acids is 1. The molecule has 1 unspecified atom stereocenters. The van der Waals surface area contributed by atoms with Crippen LogP contribution in [0.15, 0.2) is 36.5 Å². The Balaban J connectivity index is 1.81. The van der Waals surface area contributed by atoms with Crippen molar-refractivity contribution in [3.05, 3.63) is 36.5 Å². The smallest absolute Gasteiger partial charge is 0.338 e. The van der Waals surface area contributed by atoms with Gasteiger partial charge in [-0.3, -0.25) is 4.79 Å². The van der Waals surface area contributed by atoms with Gasteiger partial charge in [0.2, 0.25) is 5.91 Å². The summed E-state index contributed by atoms with van der Waals surface area (Å²) >= 11 is 0. The number of aromatic nitrogens is 1. The first-order valence-electron chi connectivity index (χ1n) is 7.37. The number of rotatable bonds is 2. The minimum atomic E-state index is -4.35. The molecule has 1 aromatic heterocycles. The van der Waals surface area contributed by atoms with E-state index in [1.165, 1.54) is 0 Å². The number of fused-ring (bicyclic) bond motifs is 1. The summed E-state index contributed by atoms with van der Waals surface area (Å²) in [5.74, 6) is -0.469. The third kappa shape index (κ3) is 2.82. The second-order valence-electron chi connectivity index (χ2n) is 5.64. The Morgan fingerprint density at radius 1 is 1.18 bits per heavy atom. The number of piperidine rings is 1. The maximum Gasteiger partial charge on any atom is 0.408 e. The number of benzene rings is 1. The highest BCUT2D eigenvalue weighted by Gasteiger charge is 2.46. The Kier molecular flexibility index (Phi) is 3.85. The van der Waals surface area contributed by atoms with Crippen LogP contribution in [0.4, 0.5) is 13.2 Å². The average molecular weight is 310 g/mol. The summed E-state index contributed by atoms with van der Waals surface area (Å²) < 4.78 is 41.0. The lowest BCUT2D eigenvalue weighted by Gasteiger charge is -2.36. The molecule has 6 heteroatoms. The van der Waals surface area contributed by atoms with Crippen LogP contribution in [0.25, 0.3) is 10.9 Å². The number of hydrogen-bond acceptors (Lipinski definition) is 1. The molecule has 2 aromatic rings. The Labute approximate surface area is 126 Å². The van der Waals surface area contributed by atoms with E-state index in [-0.39, 0.29) is 19.5 Å². The first kappa shape index (κ1) is 14.9. The molecule has 1 atom stereocenters. The van der Waals surface area contributed by atoms with Crippen LogP contribution < -0.4 is 0 Å². The van der Waals surface area contributed by atoms with Crippen molar-refractivity contribution in [3.8, 4) is 0 Å². The van der Waals surface area contributed by atoms with E-state index in [4.69, 9.17) is 0 Å². The molecule has 0 N–H and O–H groups in total. The van der Waals surface area contributed by atoms with Gasteiger partial charge in [-0.2, -0.15) is 13.2 Å². The van der Waals surface area contributed by atoms with Gasteiger partial charge in [-0.1, -0.05) is 18.2 Å². The van der Waals surface area contributed by atoms with Crippen molar-refractivity contribution in [1.82, 2.24) is 9.47 Å². The molecule has 0 aliphatic carbocycles. The zero-order chi connectivity index (χ0) is 15.7. The molecule has 118 valence electrons. The van der Waals surface area contributed by atoms with Crippen LogP contribution >= 0.6 is 0 Å². The van der Waals surface area contributed by atoms with Crippen molar-refractivity contribution in [2.45, 2.75) is 38.0 Å². The van der Waals surface area contributed by atoms with Gasteiger partial charge in [0.15, 0.2) is 0 Å². The summed E-state index contributed by atoms with van der Waals surface area (Å²) in [4.78, 5) is 13.4. The highest BCUT2D eigenvalue weighted by molar-refractivity contribution is 5.83. The lowest BCUT2D eigenvalue weighted by molar-refractivity contribution is -0.196. The predicted molar refractivity (Wildman–Crippen MR) is 77.3 cm³/mol. The topological polar surface area (TPSA) is 25.2 Å². The van der Waals surface area contributed by atoms with Crippen molar-refractivity contribution in [3.63, 3.8) is 0 Å². The zero-order valence-electron chi connectivity index (χ0n) is 12.0. The minimum Gasteiger partial charge on any atom is -0.338 e. The van der Waals surface area contributed by atoms with Crippen LogP contribution in [0.2, 0.25) is 0 Å². The van der Waals surface area contributed by atoms with Gasteiger partial charge >= 0.3 is 6.18 Å². The fourth-order valence-corrected chi connectivity index (χ4v) is 3.09. The van der Waals surface area contributed by atoms with Gasteiger partial charge in [0, 0.05) is 18.3 Å². The third-order valence-corrected chi connectivity index (χ3v) is 4.19. The molecule has 3 rings (SSSR count). The van der Waals surface area contributed by atoms with E-state index >= 15 is 0 Å². The van der Waals surface area contributed by atoms with Crippen molar-refractivity contribution in [1.29, 1.82) is 0 Å². The summed E-state index contributed by atoms with van der Waals surface area (Å²) in [7, 11) is 0. The first-order valence-corrected chi connectivity index (χ1v) is 7.37. The second-order valence-corrected chi connectivity index (χ2v) is 5.64. The van der Waals surface area contributed by atoms with E-state index in [2.05, 4.69) is 0 Å². The quantitative estimate of drug-likeness (QED) is 0.832. The molecule has 3 nitrogen and oxygen atoms in total. The van der Waals surface area contributed by atoms with Crippen LogP contribution in [0.1, 0.15) is 19.3 Å². The lowest BCUT2D eigenvalue weighted by Crippen LogP contribution is -2.52. The van der Waals surface area contributed by atoms with Gasteiger partial charge < -0.3 is 9.47 Å². The van der Waals surface area contributed by atoms with Crippen LogP contribution in [-0.2, 0) is 11.3 Å². The molecule has 0 radical (unpaired) electrons. The van der Waals surface area contributed by atoms with Crippen LogP contribution in [0, 0.1) is 0 Å². The minimum absolute atomic E-state index is 0.00165. The molecule has 1 aliphatic rings. The van der Waals surface area contributed by atoms with E-state index in [0.29, 0.717) is 12.8 Å². The predicted octanol–water partition coefficient (Wildman–Crippen LogP) is 3.58. The standard InChI is InChI=1S/C16H17F3N2O/c17-16(18,19)14-7-3-4-9-21(14)15(22)11-20-10-8-12-5-1-2-6-13(12)20/h1-2,5-6,8,10,14H,3-4,7,9,11H2. The Morgan fingerprint density at radius 2 is 1.95 bits per heavy atom. The largest absolute Gasteiger partial charge is 0.408 e. The highest BCUT2D eigenvalue weighted by atomic mass is 19.4. The Bertz CT molecular complexity index is 677. The summed E-state index contributed by atoms with van der Waals surface area (Å²) in [5.41, 5.74) is 0.858. The van der Waals surface area contributed by atoms with Gasteiger partial charge in [-0.25, -0.2) is 0 Å². The molecule has 1 saturated heterocycles. The maximum absolute atomic E-state index is 13.1. The van der Waals surface area contributed by atoms with Crippen molar-refractivity contribution < 1.29 is 18.0 Å². The van der Waals surface area contributed by atoms with E-state index in [0.717, 1.165) is 15.8 Å². The van der Waals surface area contributed by atoms with Gasteiger partial charge in [0.25, 0.3) is 0 Å². The Hall–Kier alpha value is -1.98. The molecule has 1 fully saturated rings. The number of amides is 1. The van der Waals surface area contributed by atoms with Crippen molar-refractivity contribution in [2.75, 3.05) is 6.54 Å². The molecule has 0 spiro atoms. The summed E-state index contributed by atoms with van der Waals surface area (Å²) in [6, 6.07) is 7.73. The van der Waals surface area contributed by atoms with E-state index in [1.54, 1.807) is 10.8 Å². The third-order valence-electron chi connectivity index (χ3n) is 4.19. The summed E-state index contributed by atoms with van der Waals surface area (Å²) in [5, 5.41) is 0.973. The summed E-state index contributed by atoms with van der Waals surface area (Å²) in [6.45, 7) is 0.127. The molecular weight excluding hydrogens is 293 g/mol. The van der Waals surface area contributed by atoms with Gasteiger partial charge in [0.1, 0.15) is 12.6 Å². The fourth-order valence-electron chi connectivity index (χ4n) is 3.09. The van der Waals surface area contributed by atoms with Crippen LogP contribution in [-0.4, -0.2) is 34.1 Å². The second kappa shape index (κ2) is 5.66. The van der Waals surface area contributed by atoms with Crippen molar-refractivity contribution in [2.24, 2.45) is 0 Å². The zero-order valence-corrected chi connectivity index (χ0v) is 12.0. The SMILES string of the molecule is O=C(Cn1ccc2ccccc21)N1CCCCC1C(F)(F)F. The highest BCUT2D eigenvalue weighted by Crippen LogP contribution is 2.32. The molecular formula is C16H17F3N2O. The van der Waals surface area contributed by atoms with Gasteiger partial charge in [-0.15, -0.1) is 0 Å². The normalized spacial score (nSPS) is 19.6. The number of hydrogen-bond donors (Lipinski definition) is 0. The van der Waals surface area contributed by atoms with Crippen LogP contribution in [0.5, 0.6) is 0 Å². The molecule has 1 amide bonds. The molecule has 0 saturated carbocycles. The average Bonchev–Trinajstić information content (AvgIpc) is 2.90. The summed E-state index contributed by atoms with van der Waals surface area (Å²) in [6.07, 6.45) is -1.46. The van der Waals surface area contributed by atoms with Gasteiger partial charge in [-0.05, 0) is 36.8 Å². The number of halogens is 3. The van der Waals surface area contributed by atoms with E-state index in [1.807, 2.05) is 30.3 Å². The van der Waals surface area contributed by atoms with Crippen molar-refractivity contribution >= 4 is 16.8 Å². The Morgan fingerprint density at radius 3 is 2.73 bits per heavy atom. The fraction of sp³-hybridized carbons (Fsp3) is 0.438. The lowest BCUT2D eigenvalue weighted by atomic mass is 10.0. The van der Waals surface area contributed by atoms with E-state index < -0.39 is 18.1 Å². The number of para-hydroxylation sites is 1. The number of alkyl halides is 3. The number of nitrogens with zero attached hydrogens (tertiary/aromatic N) is 2. The van der Waals surface area contributed by atoms with Gasteiger partial charge in [0.05, 0.1) is 0 Å². The molecule has 1 aliphatic heterocycles. The molecule has 1 aromatic carbocycles. The maximum atomic E-state index is 13.1. The van der Waals surface area contributed by atoms with E-state index in [9.17, 15) is 18.0 Å². The monoisotopic (exact) mass is 310 g/mol. The first-order chi connectivity index (χ1) is 10.5. The number of likely N-dealkylation sites (tertiary alicyclic amines) is 1. The molecule has 0 bridgehead atoms. The molecule has 22 heavy (non-hydrogen) atoms. The van der Waals surface area contributed by atoms with Crippen LogP contribution in [0.3, 0.4) is 0 Å². The molecule has 2 heterocycles. The number of carbonyl (C=O) groups is 1.